The molecule has 1 unspecified atom stereocenters. The highest BCUT2D eigenvalue weighted by Gasteiger charge is 2.24. The summed E-state index contributed by atoms with van der Waals surface area (Å²) >= 11 is 0. The SMILES string of the molecule is CCOC(CC(C)(C)F)c1ccc(OC)cc1. The molecule has 0 spiro atoms. The van der Waals surface area contributed by atoms with Crippen molar-refractivity contribution in [1.29, 1.82) is 0 Å². The van der Waals surface area contributed by atoms with Gasteiger partial charge in [-0.15, -0.1) is 0 Å². The molecule has 0 radical (unpaired) electrons. The Morgan fingerprint density at radius 1 is 1.24 bits per heavy atom. The smallest absolute Gasteiger partial charge is 0.118 e. The van der Waals surface area contributed by atoms with Gasteiger partial charge in [0.05, 0.1) is 13.2 Å². The minimum atomic E-state index is -1.24. The molecule has 3 heteroatoms. The molecule has 0 aliphatic heterocycles. The minimum Gasteiger partial charge on any atom is -0.497 e. The molecule has 17 heavy (non-hydrogen) atoms. The summed E-state index contributed by atoms with van der Waals surface area (Å²) in [6, 6.07) is 7.58. The van der Waals surface area contributed by atoms with E-state index in [0.717, 1.165) is 11.3 Å². The zero-order chi connectivity index (χ0) is 12.9. The molecule has 0 aliphatic carbocycles. The monoisotopic (exact) mass is 240 g/mol. The lowest BCUT2D eigenvalue weighted by atomic mass is 9.97. The molecular weight excluding hydrogens is 219 g/mol. The normalized spacial score (nSPS) is 13.5. The number of hydrogen-bond donors (Lipinski definition) is 0. The van der Waals surface area contributed by atoms with Gasteiger partial charge < -0.3 is 9.47 Å². The average Bonchev–Trinajstić information content (AvgIpc) is 2.27. The summed E-state index contributed by atoms with van der Waals surface area (Å²) in [5.41, 5.74) is -0.252. The van der Waals surface area contributed by atoms with Gasteiger partial charge in [0.25, 0.3) is 0 Å². The zero-order valence-electron chi connectivity index (χ0n) is 11.0. The van der Waals surface area contributed by atoms with Gasteiger partial charge in [0.15, 0.2) is 0 Å². The van der Waals surface area contributed by atoms with Crippen molar-refractivity contribution in [1.82, 2.24) is 0 Å². The van der Waals surface area contributed by atoms with Crippen LogP contribution >= 0.6 is 0 Å². The van der Waals surface area contributed by atoms with E-state index in [4.69, 9.17) is 9.47 Å². The van der Waals surface area contributed by atoms with Crippen LogP contribution in [0.4, 0.5) is 4.39 Å². The summed E-state index contributed by atoms with van der Waals surface area (Å²) in [7, 11) is 1.62. The first-order valence-corrected chi connectivity index (χ1v) is 5.90. The fourth-order valence-electron chi connectivity index (χ4n) is 1.73. The largest absolute Gasteiger partial charge is 0.497 e. The van der Waals surface area contributed by atoms with Crippen LogP contribution in [0.15, 0.2) is 24.3 Å². The van der Waals surface area contributed by atoms with Crippen molar-refractivity contribution in [3.63, 3.8) is 0 Å². The number of methoxy groups -OCH3 is 1. The molecule has 0 saturated carbocycles. The Labute approximate surface area is 103 Å². The van der Waals surface area contributed by atoms with Gasteiger partial charge in [-0.05, 0) is 38.5 Å². The Hall–Kier alpha value is -1.09. The van der Waals surface area contributed by atoms with Crippen LogP contribution in [-0.4, -0.2) is 19.4 Å². The molecule has 1 rings (SSSR count). The van der Waals surface area contributed by atoms with Gasteiger partial charge in [-0.25, -0.2) is 4.39 Å². The molecular formula is C14H21FO2. The lowest BCUT2D eigenvalue weighted by Crippen LogP contribution is -2.19. The molecule has 0 heterocycles. The molecule has 0 N–H and O–H groups in total. The number of ether oxygens (including phenoxy) is 2. The van der Waals surface area contributed by atoms with Crippen molar-refractivity contribution in [2.45, 2.75) is 39.0 Å². The first-order valence-electron chi connectivity index (χ1n) is 5.90. The van der Waals surface area contributed by atoms with Crippen molar-refractivity contribution in [3.8, 4) is 5.75 Å². The summed E-state index contributed by atoms with van der Waals surface area (Å²) in [5, 5.41) is 0. The Bertz CT molecular complexity index is 327. The number of benzene rings is 1. The molecule has 0 aliphatic rings. The maximum atomic E-state index is 13.7. The third-order valence-electron chi connectivity index (χ3n) is 2.53. The number of halogens is 1. The van der Waals surface area contributed by atoms with Gasteiger partial charge in [0.2, 0.25) is 0 Å². The first-order chi connectivity index (χ1) is 7.96. The summed E-state index contributed by atoms with van der Waals surface area (Å²) in [4.78, 5) is 0. The molecule has 0 amide bonds. The highest BCUT2D eigenvalue weighted by molar-refractivity contribution is 5.28. The Morgan fingerprint density at radius 2 is 1.82 bits per heavy atom. The Balaban J connectivity index is 2.81. The summed E-state index contributed by atoms with van der Waals surface area (Å²) in [5.74, 6) is 0.795. The molecule has 2 nitrogen and oxygen atoms in total. The van der Waals surface area contributed by atoms with Crippen molar-refractivity contribution < 1.29 is 13.9 Å². The van der Waals surface area contributed by atoms with Crippen LogP contribution in [0.5, 0.6) is 5.75 Å². The molecule has 0 saturated heterocycles. The molecule has 1 aromatic rings. The maximum absolute atomic E-state index is 13.7. The predicted octanol–water partition coefficient (Wildman–Crippen LogP) is 3.91. The van der Waals surface area contributed by atoms with Gasteiger partial charge >= 0.3 is 0 Å². The van der Waals surface area contributed by atoms with E-state index in [-0.39, 0.29) is 6.10 Å². The van der Waals surface area contributed by atoms with Crippen LogP contribution in [0.1, 0.15) is 38.9 Å². The van der Waals surface area contributed by atoms with Crippen LogP contribution in [0.3, 0.4) is 0 Å². The van der Waals surface area contributed by atoms with E-state index in [2.05, 4.69) is 0 Å². The number of rotatable bonds is 6. The lowest BCUT2D eigenvalue weighted by molar-refractivity contribution is 0.0180. The molecule has 1 aromatic carbocycles. The molecule has 0 aromatic heterocycles. The third-order valence-corrected chi connectivity index (χ3v) is 2.53. The highest BCUT2D eigenvalue weighted by atomic mass is 19.1. The topological polar surface area (TPSA) is 18.5 Å². The Kier molecular flexibility index (Phi) is 4.94. The predicted molar refractivity (Wildman–Crippen MR) is 67.2 cm³/mol. The summed E-state index contributed by atoms with van der Waals surface area (Å²) < 4.78 is 24.4. The van der Waals surface area contributed by atoms with Gasteiger partial charge in [-0.2, -0.15) is 0 Å². The van der Waals surface area contributed by atoms with E-state index in [1.165, 1.54) is 0 Å². The second-order valence-electron chi connectivity index (χ2n) is 4.64. The Morgan fingerprint density at radius 3 is 2.24 bits per heavy atom. The summed E-state index contributed by atoms with van der Waals surface area (Å²) in [6.07, 6.45) is 0.151. The molecule has 0 bridgehead atoms. The molecule has 0 fully saturated rings. The first kappa shape index (κ1) is 14.0. The van der Waals surface area contributed by atoms with E-state index >= 15 is 0 Å². The second kappa shape index (κ2) is 6.01. The number of hydrogen-bond acceptors (Lipinski definition) is 2. The van der Waals surface area contributed by atoms with Crippen molar-refractivity contribution >= 4 is 0 Å². The van der Waals surface area contributed by atoms with Crippen LogP contribution in [0.25, 0.3) is 0 Å². The van der Waals surface area contributed by atoms with Gasteiger partial charge in [0, 0.05) is 13.0 Å². The third kappa shape index (κ3) is 4.73. The quantitative estimate of drug-likeness (QED) is 0.750. The number of alkyl halides is 1. The summed E-state index contributed by atoms with van der Waals surface area (Å²) in [6.45, 7) is 5.64. The van der Waals surface area contributed by atoms with Crippen LogP contribution in [-0.2, 0) is 4.74 Å². The van der Waals surface area contributed by atoms with Gasteiger partial charge in [-0.1, -0.05) is 12.1 Å². The second-order valence-corrected chi connectivity index (χ2v) is 4.64. The fourth-order valence-corrected chi connectivity index (χ4v) is 1.73. The average molecular weight is 240 g/mol. The van der Waals surface area contributed by atoms with E-state index in [1.807, 2.05) is 31.2 Å². The van der Waals surface area contributed by atoms with Crippen LogP contribution in [0, 0.1) is 0 Å². The highest BCUT2D eigenvalue weighted by Crippen LogP contribution is 2.30. The zero-order valence-corrected chi connectivity index (χ0v) is 11.0. The maximum Gasteiger partial charge on any atom is 0.118 e. The van der Waals surface area contributed by atoms with E-state index in [1.54, 1.807) is 21.0 Å². The van der Waals surface area contributed by atoms with Crippen LogP contribution in [0.2, 0.25) is 0 Å². The van der Waals surface area contributed by atoms with Crippen molar-refractivity contribution in [2.24, 2.45) is 0 Å². The van der Waals surface area contributed by atoms with E-state index in [9.17, 15) is 4.39 Å². The van der Waals surface area contributed by atoms with E-state index in [0.29, 0.717) is 13.0 Å². The van der Waals surface area contributed by atoms with Gasteiger partial charge in [-0.3, -0.25) is 0 Å². The van der Waals surface area contributed by atoms with Gasteiger partial charge in [0.1, 0.15) is 11.4 Å². The fraction of sp³-hybridized carbons (Fsp3) is 0.571. The van der Waals surface area contributed by atoms with Crippen molar-refractivity contribution in [2.75, 3.05) is 13.7 Å². The standard InChI is InChI=1S/C14H21FO2/c1-5-17-13(10-14(2,3)15)11-6-8-12(16-4)9-7-11/h6-9,13H,5,10H2,1-4H3. The molecule has 96 valence electrons. The van der Waals surface area contributed by atoms with E-state index < -0.39 is 5.67 Å². The lowest BCUT2D eigenvalue weighted by Gasteiger charge is -2.23. The van der Waals surface area contributed by atoms with Crippen LogP contribution < -0.4 is 4.74 Å². The minimum absolute atomic E-state index is 0.203. The van der Waals surface area contributed by atoms with Crippen molar-refractivity contribution in [3.05, 3.63) is 29.8 Å². The molecule has 1 atom stereocenters.